The molecule has 2 atom stereocenters. The van der Waals surface area contributed by atoms with E-state index < -0.39 is 62.5 Å². The fraction of sp³-hybridized carbons (Fsp3) is 0.400. The normalized spacial score (nSPS) is 24.3. The first-order valence-electron chi connectivity index (χ1n) is 9.70. The molecule has 0 spiro atoms. The Morgan fingerprint density at radius 1 is 1.24 bits per heavy atom. The maximum Gasteiger partial charge on any atom is 0.278 e. The van der Waals surface area contributed by atoms with Gasteiger partial charge in [0, 0.05) is 23.9 Å². The highest BCUT2D eigenvalue weighted by Gasteiger charge is 2.62. The molecule has 0 saturated heterocycles. The molecule has 0 bridgehead atoms. The van der Waals surface area contributed by atoms with E-state index in [1.807, 2.05) is 0 Å². The van der Waals surface area contributed by atoms with Crippen molar-refractivity contribution in [1.82, 2.24) is 9.97 Å². The lowest BCUT2D eigenvalue weighted by molar-refractivity contribution is -0.0862. The second-order valence-corrected chi connectivity index (χ2v) is 10.5. The van der Waals surface area contributed by atoms with Gasteiger partial charge in [-0.25, -0.2) is 35.9 Å². The maximum atomic E-state index is 15.3. The number of hydrogen-bond acceptors (Lipinski definition) is 8. The van der Waals surface area contributed by atoms with Crippen LogP contribution in [0.2, 0.25) is 0 Å². The highest BCUT2D eigenvalue weighted by atomic mass is 32.2. The molecule has 0 unspecified atom stereocenters. The van der Waals surface area contributed by atoms with Gasteiger partial charge in [0.15, 0.2) is 15.4 Å². The van der Waals surface area contributed by atoms with Gasteiger partial charge in [-0.3, -0.25) is 9.79 Å². The Labute approximate surface area is 192 Å². The minimum atomic E-state index is -4.08. The van der Waals surface area contributed by atoms with E-state index in [1.165, 1.54) is 0 Å². The van der Waals surface area contributed by atoms with Crippen molar-refractivity contribution in [3.05, 3.63) is 47.7 Å². The van der Waals surface area contributed by atoms with Gasteiger partial charge in [0.25, 0.3) is 11.8 Å². The molecule has 1 aromatic carbocycles. The lowest BCUT2D eigenvalue weighted by atomic mass is 9.78. The zero-order valence-electron chi connectivity index (χ0n) is 18.3. The monoisotopic (exact) mass is 503 g/mol. The topological polar surface area (TPSA) is 137 Å². The molecule has 2 heterocycles. The van der Waals surface area contributed by atoms with Crippen molar-refractivity contribution in [3.8, 4) is 5.88 Å². The van der Waals surface area contributed by atoms with Crippen molar-refractivity contribution < 1.29 is 35.5 Å². The molecule has 1 aliphatic heterocycles. The Morgan fingerprint density at radius 2 is 1.91 bits per heavy atom. The molecule has 2 aromatic rings. The van der Waals surface area contributed by atoms with E-state index in [0.717, 1.165) is 50.7 Å². The summed E-state index contributed by atoms with van der Waals surface area (Å²) < 4.78 is 84.2. The van der Waals surface area contributed by atoms with Gasteiger partial charge in [-0.2, -0.15) is 0 Å². The minimum absolute atomic E-state index is 0.0745. The predicted octanol–water partition coefficient (Wildman–Crippen LogP) is 2.59. The summed E-state index contributed by atoms with van der Waals surface area (Å²) in [7, 11) is -4.08. The van der Waals surface area contributed by atoms with Crippen LogP contribution in [0, 0.1) is 5.82 Å². The molecule has 3 rings (SSSR count). The third kappa shape index (κ3) is 4.29. The number of nitrogens with two attached hydrogens (primary N) is 1. The molecule has 1 amide bonds. The number of hydrogen-bond donors (Lipinski definition) is 2. The highest BCUT2D eigenvalue weighted by Crippen LogP contribution is 2.51. The number of nitrogens with zero attached hydrogens (tertiary/aromatic N) is 3. The fourth-order valence-corrected chi connectivity index (χ4v) is 4.31. The second kappa shape index (κ2) is 8.49. The first-order chi connectivity index (χ1) is 15.6. The van der Waals surface area contributed by atoms with Crippen molar-refractivity contribution in [2.24, 2.45) is 10.7 Å². The number of carbonyl (C=O) groups is 1. The van der Waals surface area contributed by atoms with Crippen molar-refractivity contribution >= 4 is 27.3 Å². The van der Waals surface area contributed by atoms with Crippen LogP contribution in [0.1, 0.15) is 36.3 Å². The summed E-state index contributed by atoms with van der Waals surface area (Å²) in [6.07, 6.45) is 1.55. The number of nitrogens with one attached hydrogen (secondary N) is 1. The molecule has 1 aliphatic rings. The molecular formula is C20H21F4N5O4S. The fourth-order valence-electron chi connectivity index (χ4n) is 3.44. The summed E-state index contributed by atoms with van der Waals surface area (Å²) >= 11 is 0. The molecule has 0 aliphatic carbocycles. The van der Waals surface area contributed by atoms with E-state index in [0.29, 0.717) is 0 Å². The molecule has 0 radical (unpaired) electrons. The van der Waals surface area contributed by atoms with Gasteiger partial charge >= 0.3 is 0 Å². The molecule has 0 saturated carbocycles. The first-order valence-corrected chi connectivity index (χ1v) is 11.6. The number of aliphatic imine (C=N–C) groups is 1. The average molecular weight is 503 g/mol. The van der Waals surface area contributed by atoms with E-state index in [2.05, 4.69) is 25.0 Å². The maximum absolute atomic E-state index is 15.3. The Balaban J connectivity index is 1.99. The summed E-state index contributed by atoms with van der Waals surface area (Å²) in [4.78, 5) is 23.6. The van der Waals surface area contributed by atoms with Crippen LogP contribution in [-0.2, 0) is 15.4 Å². The van der Waals surface area contributed by atoms with Gasteiger partial charge in [0.2, 0.25) is 12.7 Å². The third-order valence-electron chi connectivity index (χ3n) is 5.79. The van der Waals surface area contributed by atoms with Crippen molar-refractivity contribution in [2.75, 3.05) is 18.4 Å². The number of amidine groups is 1. The number of aromatic nitrogens is 2. The average Bonchev–Trinajstić information content (AvgIpc) is 2.73. The van der Waals surface area contributed by atoms with Gasteiger partial charge in [0.05, 0.1) is 12.4 Å². The molecule has 0 fully saturated rings. The van der Waals surface area contributed by atoms with Gasteiger partial charge in [-0.1, -0.05) is 0 Å². The van der Waals surface area contributed by atoms with Crippen LogP contribution in [0.4, 0.5) is 23.2 Å². The molecule has 1 aromatic heterocycles. The van der Waals surface area contributed by atoms with E-state index in [9.17, 15) is 22.0 Å². The van der Waals surface area contributed by atoms with Crippen LogP contribution in [-0.4, -0.2) is 53.9 Å². The number of carbonyl (C=O) groups excluding carboxylic acids is 1. The van der Waals surface area contributed by atoms with E-state index in [1.54, 1.807) is 0 Å². The van der Waals surface area contributed by atoms with E-state index >= 15 is 8.78 Å². The number of benzene rings is 1. The summed E-state index contributed by atoms with van der Waals surface area (Å²) in [5.74, 6) is -6.44. The van der Waals surface area contributed by atoms with Gasteiger partial charge in [-0.15, -0.1) is 0 Å². The van der Waals surface area contributed by atoms with Gasteiger partial charge in [-0.05, 0) is 32.0 Å². The molecule has 184 valence electrons. The zero-order chi connectivity index (χ0) is 25.5. The summed E-state index contributed by atoms with van der Waals surface area (Å²) in [5.41, 5.74) is 2.36. The van der Waals surface area contributed by atoms with Gasteiger partial charge < -0.3 is 15.8 Å². The Bertz CT molecular complexity index is 1260. The standard InChI is InChI=1S/C20H21F4N5O4S/c1-18(34(3,31)32)9-20(23,24)19(2,29-17(18)25)12-6-11(4-5-13(12)22)28-16(30)14-7-27-15(8-26-14)33-10-21/h4-8H,9-10H2,1-3H3,(H2,25,29)(H,28,30)/t18-,19+/m0/s1. The van der Waals surface area contributed by atoms with Crippen LogP contribution < -0.4 is 15.8 Å². The van der Waals surface area contributed by atoms with Crippen molar-refractivity contribution in [2.45, 2.75) is 36.5 Å². The number of rotatable bonds is 6. The van der Waals surface area contributed by atoms with Crippen LogP contribution in [0.15, 0.2) is 35.6 Å². The van der Waals surface area contributed by atoms with Crippen molar-refractivity contribution in [1.29, 1.82) is 0 Å². The first kappa shape index (κ1) is 25.3. The smallest absolute Gasteiger partial charge is 0.278 e. The number of halogens is 4. The SMILES string of the molecule is C[C@]1(S(C)(=O)=O)CC(F)(F)[C@@](C)(c2cc(NC(=O)c3cnc(OCF)cn3)ccc2F)N=C1N. The van der Waals surface area contributed by atoms with E-state index in [4.69, 9.17) is 5.73 Å². The Kier molecular flexibility index (Phi) is 6.33. The minimum Gasteiger partial charge on any atom is -0.445 e. The predicted molar refractivity (Wildman–Crippen MR) is 115 cm³/mol. The summed E-state index contributed by atoms with van der Waals surface area (Å²) in [5, 5.41) is 2.37. The van der Waals surface area contributed by atoms with E-state index in [-0.39, 0.29) is 17.3 Å². The van der Waals surface area contributed by atoms with Crippen molar-refractivity contribution in [3.63, 3.8) is 0 Å². The second-order valence-electron chi connectivity index (χ2n) is 8.10. The highest BCUT2D eigenvalue weighted by molar-refractivity contribution is 7.92. The lowest BCUT2D eigenvalue weighted by Crippen LogP contribution is -2.60. The zero-order valence-corrected chi connectivity index (χ0v) is 19.1. The van der Waals surface area contributed by atoms with Crippen LogP contribution in [0.3, 0.4) is 0 Å². The number of amides is 1. The molecular weight excluding hydrogens is 482 g/mol. The molecule has 9 nitrogen and oxygen atoms in total. The number of ether oxygens (including phenoxy) is 1. The quantitative estimate of drug-likeness (QED) is 0.578. The van der Waals surface area contributed by atoms with Gasteiger partial charge in [0.1, 0.15) is 22.1 Å². The molecule has 14 heteroatoms. The number of alkyl halides is 3. The lowest BCUT2D eigenvalue weighted by Gasteiger charge is -2.44. The van der Waals surface area contributed by atoms with Crippen LogP contribution in [0.5, 0.6) is 5.88 Å². The molecule has 3 N–H and O–H groups in total. The summed E-state index contributed by atoms with van der Waals surface area (Å²) in [6, 6.07) is 2.93. The number of anilines is 1. The largest absolute Gasteiger partial charge is 0.445 e. The number of sulfone groups is 1. The Hall–Kier alpha value is -3.29. The third-order valence-corrected chi connectivity index (χ3v) is 7.78. The van der Waals surface area contributed by atoms with Crippen LogP contribution >= 0.6 is 0 Å². The van der Waals surface area contributed by atoms with Crippen LogP contribution in [0.25, 0.3) is 0 Å². The Morgan fingerprint density at radius 3 is 2.47 bits per heavy atom. The summed E-state index contributed by atoms with van der Waals surface area (Å²) in [6.45, 7) is 0.825. The molecule has 34 heavy (non-hydrogen) atoms.